The minimum absolute atomic E-state index is 0.211. The van der Waals surface area contributed by atoms with Crippen molar-refractivity contribution in [2.24, 2.45) is 5.92 Å². The minimum atomic E-state index is -0.811. The largest absolute Gasteiger partial charge is 0.373 e. The lowest BCUT2D eigenvalue weighted by molar-refractivity contribution is -0.0207. The molecule has 1 fully saturated rings. The van der Waals surface area contributed by atoms with Gasteiger partial charge < -0.3 is 4.74 Å². The zero-order valence-electron chi connectivity index (χ0n) is 21.9. The topological polar surface area (TPSA) is 9.23 Å². The molecule has 196 valence electrons. The second-order valence-electron chi connectivity index (χ2n) is 10.1. The molecule has 1 heterocycles. The van der Waals surface area contributed by atoms with E-state index in [1.165, 1.54) is 6.07 Å². The van der Waals surface area contributed by atoms with Crippen molar-refractivity contribution >= 4 is 0 Å². The molecule has 0 aliphatic carbocycles. The van der Waals surface area contributed by atoms with Gasteiger partial charge in [0.2, 0.25) is 0 Å². The van der Waals surface area contributed by atoms with E-state index in [0.29, 0.717) is 35.6 Å². The molecule has 3 aromatic rings. The Morgan fingerprint density at radius 3 is 2.30 bits per heavy atom. The van der Waals surface area contributed by atoms with Gasteiger partial charge >= 0.3 is 0 Å². The summed E-state index contributed by atoms with van der Waals surface area (Å²) in [6.07, 6.45) is 11.5. The zero-order valence-corrected chi connectivity index (χ0v) is 21.9. The molecular weight excluding hydrogens is 469 g/mol. The van der Waals surface area contributed by atoms with Crippen molar-refractivity contribution in [2.75, 3.05) is 6.61 Å². The summed E-state index contributed by atoms with van der Waals surface area (Å²) >= 11 is 0. The van der Waals surface area contributed by atoms with Crippen molar-refractivity contribution in [3.63, 3.8) is 0 Å². The summed E-state index contributed by atoms with van der Waals surface area (Å²) in [6.45, 7) is 4.78. The van der Waals surface area contributed by atoms with Crippen LogP contribution in [0.2, 0.25) is 0 Å². The maximum Gasteiger partial charge on any atom is 0.166 e. The van der Waals surface area contributed by atoms with Crippen LogP contribution in [0.3, 0.4) is 0 Å². The minimum Gasteiger partial charge on any atom is -0.373 e. The van der Waals surface area contributed by atoms with Crippen molar-refractivity contribution in [1.82, 2.24) is 0 Å². The maximum atomic E-state index is 15.1. The third-order valence-corrected chi connectivity index (χ3v) is 7.44. The highest BCUT2D eigenvalue weighted by molar-refractivity contribution is 5.71. The van der Waals surface area contributed by atoms with Gasteiger partial charge in [0, 0.05) is 11.1 Å². The van der Waals surface area contributed by atoms with Crippen LogP contribution in [0.4, 0.5) is 13.2 Å². The molecular formula is C33H37F3O. The van der Waals surface area contributed by atoms with Gasteiger partial charge in [-0.1, -0.05) is 80.4 Å². The summed E-state index contributed by atoms with van der Waals surface area (Å²) in [5, 5.41) is 0. The van der Waals surface area contributed by atoms with Crippen LogP contribution in [-0.4, -0.2) is 6.61 Å². The van der Waals surface area contributed by atoms with Gasteiger partial charge in [-0.05, 0) is 79.7 Å². The highest BCUT2D eigenvalue weighted by atomic mass is 19.2. The second kappa shape index (κ2) is 13.1. The summed E-state index contributed by atoms with van der Waals surface area (Å²) in [7, 11) is 0. The van der Waals surface area contributed by atoms with Crippen LogP contribution >= 0.6 is 0 Å². The monoisotopic (exact) mass is 506 g/mol. The van der Waals surface area contributed by atoms with Gasteiger partial charge in [-0.15, -0.1) is 0 Å². The van der Waals surface area contributed by atoms with E-state index in [-0.39, 0.29) is 17.5 Å². The fourth-order valence-electron chi connectivity index (χ4n) is 5.16. The van der Waals surface area contributed by atoms with Gasteiger partial charge in [-0.3, -0.25) is 0 Å². The summed E-state index contributed by atoms with van der Waals surface area (Å²) in [5.74, 6) is -1.31. The Morgan fingerprint density at radius 2 is 1.62 bits per heavy atom. The average Bonchev–Trinajstić information content (AvgIpc) is 2.92. The molecule has 0 N–H and O–H groups in total. The molecule has 1 aliphatic heterocycles. The molecule has 0 aromatic heterocycles. The molecule has 1 nitrogen and oxygen atoms in total. The zero-order chi connectivity index (χ0) is 26.2. The van der Waals surface area contributed by atoms with Gasteiger partial charge in [0.1, 0.15) is 5.82 Å². The smallest absolute Gasteiger partial charge is 0.166 e. The van der Waals surface area contributed by atoms with E-state index in [4.69, 9.17) is 4.74 Å². The molecule has 4 heteroatoms. The van der Waals surface area contributed by atoms with Gasteiger partial charge in [0.25, 0.3) is 0 Å². The molecule has 1 aliphatic rings. The number of rotatable bonds is 10. The molecule has 2 atom stereocenters. The van der Waals surface area contributed by atoms with Gasteiger partial charge in [-0.2, -0.15) is 0 Å². The Morgan fingerprint density at radius 1 is 0.865 bits per heavy atom. The predicted octanol–water partition coefficient (Wildman–Crippen LogP) is 9.99. The van der Waals surface area contributed by atoms with Crippen LogP contribution < -0.4 is 0 Å². The maximum absolute atomic E-state index is 15.1. The summed E-state index contributed by atoms with van der Waals surface area (Å²) in [5.41, 5.74) is 3.42. The molecule has 2 unspecified atom stereocenters. The summed E-state index contributed by atoms with van der Waals surface area (Å²) < 4.78 is 50.5. The first-order valence-corrected chi connectivity index (χ1v) is 13.6. The molecule has 37 heavy (non-hydrogen) atoms. The number of benzene rings is 3. The van der Waals surface area contributed by atoms with E-state index < -0.39 is 11.6 Å². The standard InChI is InChI=1S/C33H37F3O/c1-3-5-7-9-23-11-20-31(37-22-23)29-19-17-27(21-30(29)34)24-12-14-25(15-13-24)28-18-16-26(10-8-6-4-2)32(35)33(28)36/h3,5,12-19,21,23,31H,4,6-11,20,22H2,1-2H3. The van der Waals surface area contributed by atoms with Crippen LogP contribution in [0.15, 0.2) is 66.7 Å². The third kappa shape index (κ3) is 6.73. The number of hydrogen-bond donors (Lipinski definition) is 0. The lowest BCUT2D eigenvalue weighted by atomic mass is 9.90. The number of aryl methyl sites for hydroxylation is 1. The van der Waals surface area contributed by atoms with E-state index in [0.717, 1.165) is 56.1 Å². The fraction of sp³-hybridized carbons (Fsp3) is 0.394. The predicted molar refractivity (Wildman–Crippen MR) is 146 cm³/mol. The van der Waals surface area contributed by atoms with Gasteiger partial charge in [0.15, 0.2) is 11.6 Å². The molecule has 4 rings (SSSR count). The lowest BCUT2D eigenvalue weighted by Gasteiger charge is -2.29. The molecule has 0 spiro atoms. The Labute approximate surface area is 219 Å². The number of halogens is 3. The van der Waals surface area contributed by atoms with Crippen molar-refractivity contribution in [2.45, 2.75) is 71.3 Å². The third-order valence-electron chi connectivity index (χ3n) is 7.44. The van der Waals surface area contributed by atoms with Gasteiger partial charge in [0.05, 0.1) is 12.7 Å². The van der Waals surface area contributed by atoms with Crippen molar-refractivity contribution in [3.05, 3.63) is 95.3 Å². The Kier molecular flexibility index (Phi) is 9.62. The molecule has 0 saturated carbocycles. The fourth-order valence-corrected chi connectivity index (χ4v) is 5.16. The molecule has 3 aromatic carbocycles. The van der Waals surface area contributed by atoms with Crippen LogP contribution in [0.5, 0.6) is 0 Å². The molecule has 0 bridgehead atoms. The van der Waals surface area contributed by atoms with Crippen molar-refractivity contribution in [1.29, 1.82) is 0 Å². The van der Waals surface area contributed by atoms with Crippen molar-refractivity contribution < 1.29 is 17.9 Å². The highest BCUT2D eigenvalue weighted by Crippen LogP contribution is 2.35. The SMILES string of the molecule is CC=CCCC1CCC(c2ccc(-c3ccc(-c4ccc(CCCCC)c(F)c4F)cc3)cc2F)OC1. The number of allylic oxidation sites excluding steroid dienone is 2. The number of hydrogen-bond acceptors (Lipinski definition) is 1. The van der Waals surface area contributed by atoms with E-state index >= 15 is 4.39 Å². The van der Waals surface area contributed by atoms with Crippen molar-refractivity contribution in [3.8, 4) is 22.3 Å². The second-order valence-corrected chi connectivity index (χ2v) is 10.1. The molecule has 1 saturated heterocycles. The number of unbranched alkanes of at least 4 members (excludes halogenated alkanes) is 2. The summed E-state index contributed by atoms with van der Waals surface area (Å²) in [6, 6.07) is 15.8. The molecule has 0 radical (unpaired) electrons. The summed E-state index contributed by atoms with van der Waals surface area (Å²) in [4.78, 5) is 0. The van der Waals surface area contributed by atoms with E-state index in [1.807, 2.05) is 31.2 Å². The highest BCUT2D eigenvalue weighted by Gasteiger charge is 2.25. The first kappa shape index (κ1) is 27.2. The Bertz CT molecular complexity index is 1190. The van der Waals surface area contributed by atoms with Gasteiger partial charge in [-0.25, -0.2) is 13.2 Å². The lowest BCUT2D eigenvalue weighted by Crippen LogP contribution is -2.21. The van der Waals surface area contributed by atoms with Crippen LogP contribution in [0, 0.1) is 23.4 Å². The van der Waals surface area contributed by atoms with E-state index in [9.17, 15) is 8.78 Å². The first-order valence-electron chi connectivity index (χ1n) is 13.6. The van der Waals surface area contributed by atoms with Crippen LogP contribution in [0.25, 0.3) is 22.3 Å². The van der Waals surface area contributed by atoms with Crippen LogP contribution in [-0.2, 0) is 11.2 Å². The number of ether oxygens (including phenoxy) is 1. The average molecular weight is 507 g/mol. The van der Waals surface area contributed by atoms with E-state index in [2.05, 4.69) is 19.1 Å². The quantitative estimate of drug-likeness (QED) is 0.196. The normalized spacial score (nSPS) is 18.0. The Hall–Kier alpha value is -2.85. The van der Waals surface area contributed by atoms with Crippen LogP contribution in [0.1, 0.15) is 76.0 Å². The van der Waals surface area contributed by atoms with E-state index in [1.54, 1.807) is 24.3 Å². The molecule has 0 amide bonds. The Balaban J connectivity index is 1.43. The first-order chi connectivity index (χ1) is 18.0.